The number of fused-ring (bicyclic) bond motifs is 1. The van der Waals surface area contributed by atoms with Crippen LogP contribution in [0.4, 0.5) is 0 Å². The summed E-state index contributed by atoms with van der Waals surface area (Å²) in [6.07, 6.45) is 2.68. The zero-order chi connectivity index (χ0) is 14.8. The molecule has 0 aromatic heterocycles. The molecule has 5 heteroatoms. The second-order valence-electron chi connectivity index (χ2n) is 6.05. The molecule has 4 nitrogen and oxygen atoms in total. The number of benzene rings is 1. The van der Waals surface area contributed by atoms with Crippen LogP contribution in [0.25, 0.3) is 0 Å². The van der Waals surface area contributed by atoms with Gasteiger partial charge >= 0.3 is 0 Å². The van der Waals surface area contributed by atoms with Crippen LogP contribution < -0.4 is 15.4 Å². The number of carbonyl (C=O) groups is 1. The molecule has 0 aliphatic carbocycles. The first kappa shape index (κ1) is 14.7. The highest BCUT2D eigenvalue weighted by atomic mass is 35.5. The van der Waals surface area contributed by atoms with Crippen LogP contribution in [0.5, 0.6) is 5.75 Å². The molecule has 3 unspecified atom stereocenters. The second kappa shape index (κ2) is 6.24. The van der Waals surface area contributed by atoms with E-state index in [2.05, 4.69) is 17.6 Å². The van der Waals surface area contributed by atoms with Gasteiger partial charge in [0.15, 0.2) is 0 Å². The number of amides is 1. The van der Waals surface area contributed by atoms with Gasteiger partial charge in [0.25, 0.3) is 0 Å². The summed E-state index contributed by atoms with van der Waals surface area (Å²) in [5, 5.41) is 7.25. The first-order valence-corrected chi connectivity index (χ1v) is 7.94. The van der Waals surface area contributed by atoms with Crippen LogP contribution in [0.2, 0.25) is 5.02 Å². The van der Waals surface area contributed by atoms with Crippen molar-refractivity contribution in [1.82, 2.24) is 10.6 Å². The zero-order valence-electron chi connectivity index (χ0n) is 12.2. The minimum Gasteiger partial charge on any atom is -0.492 e. The second-order valence-corrected chi connectivity index (χ2v) is 6.49. The predicted molar refractivity (Wildman–Crippen MR) is 82.8 cm³/mol. The molecule has 0 spiro atoms. The van der Waals surface area contributed by atoms with Gasteiger partial charge in [-0.2, -0.15) is 0 Å². The molecule has 1 aromatic rings. The highest BCUT2D eigenvalue weighted by molar-refractivity contribution is 6.30. The smallest absolute Gasteiger partial charge is 0.227 e. The largest absolute Gasteiger partial charge is 0.492 e. The minimum atomic E-state index is -0.124. The molecule has 3 rings (SSSR count). The fraction of sp³-hybridized carbons (Fsp3) is 0.562. The molecule has 21 heavy (non-hydrogen) atoms. The molecule has 1 saturated heterocycles. The minimum absolute atomic E-state index is 0.0970. The third kappa shape index (κ3) is 3.50. The van der Waals surface area contributed by atoms with E-state index in [9.17, 15) is 4.79 Å². The van der Waals surface area contributed by atoms with Gasteiger partial charge in [0, 0.05) is 17.1 Å². The van der Waals surface area contributed by atoms with Gasteiger partial charge in [0.05, 0.1) is 5.92 Å². The Morgan fingerprint density at radius 2 is 2.33 bits per heavy atom. The van der Waals surface area contributed by atoms with Crippen molar-refractivity contribution in [3.63, 3.8) is 0 Å². The maximum atomic E-state index is 12.4. The van der Waals surface area contributed by atoms with E-state index in [1.54, 1.807) is 0 Å². The van der Waals surface area contributed by atoms with E-state index in [1.807, 2.05) is 18.2 Å². The molecule has 0 bridgehead atoms. The number of nitrogens with one attached hydrogen (secondary N) is 2. The van der Waals surface area contributed by atoms with Crippen LogP contribution >= 0.6 is 11.6 Å². The highest BCUT2D eigenvalue weighted by Crippen LogP contribution is 2.30. The molecule has 2 N–H and O–H groups in total. The number of halogens is 1. The first-order valence-electron chi connectivity index (χ1n) is 7.57. The Bertz CT molecular complexity index is 535. The molecule has 1 aromatic carbocycles. The van der Waals surface area contributed by atoms with Crippen molar-refractivity contribution >= 4 is 17.5 Å². The lowest BCUT2D eigenvalue weighted by molar-refractivity contribution is -0.127. The SMILES string of the molecule is CC1CC(NC(=O)C2COc3ccc(Cl)cc3C2)CCN1. The van der Waals surface area contributed by atoms with Crippen LogP contribution in [0.1, 0.15) is 25.3 Å². The predicted octanol–water partition coefficient (Wildman–Crippen LogP) is 2.15. The Morgan fingerprint density at radius 1 is 1.48 bits per heavy atom. The van der Waals surface area contributed by atoms with Crippen LogP contribution in [0.3, 0.4) is 0 Å². The van der Waals surface area contributed by atoms with E-state index < -0.39 is 0 Å². The third-order valence-electron chi connectivity index (χ3n) is 4.27. The summed E-state index contributed by atoms with van der Waals surface area (Å²) < 4.78 is 5.69. The van der Waals surface area contributed by atoms with E-state index in [0.29, 0.717) is 24.1 Å². The summed E-state index contributed by atoms with van der Waals surface area (Å²) in [4.78, 5) is 12.4. The molecule has 2 aliphatic rings. The van der Waals surface area contributed by atoms with Crippen LogP contribution in [0.15, 0.2) is 18.2 Å². The van der Waals surface area contributed by atoms with Gasteiger partial charge in [-0.15, -0.1) is 0 Å². The topological polar surface area (TPSA) is 50.4 Å². The lowest BCUT2D eigenvalue weighted by Crippen LogP contribution is -2.49. The molecule has 2 aliphatic heterocycles. The number of hydrogen-bond acceptors (Lipinski definition) is 3. The van der Waals surface area contributed by atoms with Crippen molar-refractivity contribution in [1.29, 1.82) is 0 Å². The van der Waals surface area contributed by atoms with Crippen molar-refractivity contribution in [2.75, 3.05) is 13.2 Å². The van der Waals surface area contributed by atoms with Crippen LogP contribution in [-0.2, 0) is 11.2 Å². The van der Waals surface area contributed by atoms with Crippen LogP contribution in [0, 0.1) is 5.92 Å². The normalized spacial score (nSPS) is 28.4. The standard InChI is InChI=1S/C16H21ClN2O2/c1-10-6-14(4-5-18-10)19-16(20)12-7-11-8-13(17)2-3-15(11)21-9-12/h2-3,8,10,12,14,18H,4-7,9H2,1H3,(H,19,20). The van der Waals surface area contributed by atoms with Gasteiger partial charge in [-0.05, 0) is 56.5 Å². The molecular formula is C16H21ClN2O2. The Kier molecular flexibility index (Phi) is 4.36. The zero-order valence-corrected chi connectivity index (χ0v) is 13.0. The summed E-state index contributed by atoms with van der Waals surface area (Å²) in [5.74, 6) is 0.819. The maximum absolute atomic E-state index is 12.4. The average Bonchev–Trinajstić information content (AvgIpc) is 2.46. The molecule has 0 radical (unpaired) electrons. The summed E-state index contributed by atoms with van der Waals surface area (Å²) in [7, 11) is 0. The lowest BCUT2D eigenvalue weighted by Gasteiger charge is -2.31. The highest BCUT2D eigenvalue weighted by Gasteiger charge is 2.28. The van der Waals surface area contributed by atoms with Gasteiger partial charge in [0.2, 0.25) is 5.91 Å². The Labute approximate surface area is 130 Å². The summed E-state index contributed by atoms with van der Waals surface area (Å²) in [6, 6.07) is 6.32. The van der Waals surface area contributed by atoms with E-state index in [-0.39, 0.29) is 17.9 Å². The van der Waals surface area contributed by atoms with Crippen molar-refractivity contribution in [2.45, 2.75) is 38.3 Å². The molecular weight excluding hydrogens is 288 g/mol. The summed E-state index contributed by atoms with van der Waals surface area (Å²) >= 11 is 6.01. The molecule has 1 fully saturated rings. The molecule has 3 atom stereocenters. The van der Waals surface area contributed by atoms with E-state index in [0.717, 1.165) is 30.7 Å². The Balaban J connectivity index is 1.61. The average molecular weight is 309 g/mol. The van der Waals surface area contributed by atoms with Crippen molar-refractivity contribution in [3.8, 4) is 5.75 Å². The maximum Gasteiger partial charge on any atom is 0.227 e. The van der Waals surface area contributed by atoms with E-state index in [1.165, 1.54) is 0 Å². The van der Waals surface area contributed by atoms with Gasteiger partial charge < -0.3 is 15.4 Å². The van der Waals surface area contributed by atoms with Crippen molar-refractivity contribution in [2.24, 2.45) is 5.92 Å². The summed E-state index contributed by atoms with van der Waals surface area (Å²) in [5.41, 5.74) is 1.02. The van der Waals surface area contributed by atoms with E-state index in [4.69, 9.17) is 16.3 Å². The fourth-order valence-corrected chi connectivity index (χ4v) is 3.31. The van der Waals surface area contributed by atoms with Crippen molar-refractivity contribution in [3.05, 3.63) is 28.8 Å². The number of hydrogen-bond donors (Lipinski definition) is 2. The van der Waals surface area contributed by atoms with Gasteiger partial charge in [-0.3, -0.25) is 4.79 Å². The first-order chi connectivity index (χ1) is 10.1. The molecule has 114 valence electrons. The number of carbonyl (C=O) groups excluding carboxylic acids is 1. The van der Waals surface area contributed by atoms with Gasteiger partial charge in [-0.1, -0.05) is 11.6 Å². The lowest BCUT2D eigenvalue weighted by atomic mass is 9.94. The van der Waals surface area contributed by atoms with Crippen LogP contribution in [-0.4, -0.2) is 31.1 Å². The molecule has 0 saturated carbocycles. The number of ether oxygens (including phenoxy) is 1. The van der Waals surface area contributed by atoms with Crippen molar-refractivity contribution < 1.29 is 9.53 Å². The molecule has 2 heterocycles. The quantitative estimate of drug-likeness (QED) is 0.880. The number of rotatable bonds is 2. The summed E-state index contributed by atoms with van der Waals surface area (Å²) in [6.45, 7) is 3.56. The molecule has 1 amide bonds. The Morgan fingerprint density at radius 3 is 3.14 bits per heavy atom. The fourth-order valence-electron chi connectivity index (χ4n) is 3.11. The van der Waals surface area contributed by atoms with Gasteiger partial charge in [0.1, 0.15) is 12.4 Å². The van der Waals surface area contributed by atoms with Gasteiger partial charge in [-0.25, -0.2) is 0 Å². The third-order valence-corrected chi connectivity index (χ3v) is 4.50. The van der Waals surface area contributed by atoms with E-state index >= 15 is 0 Å². The monoisotopic (exact) mass is 308 g/mol. The number of piperidine rings is 1. The Hall–Kier alpha value is -1.26.